The summed E-state index contributed by atoms with van der Waals surface area (Å²) in [5.74, 6) is 0. The fourth-order valence-electron chi connectivity index (χ4n) is 3.97. The Balaban J connectivity index is 1.41. The monoisotopic (exact) mass is 455 g/mol. The Hall–Kier alpha value is -3.90. The number of anilines is 1. The smallest absolute Gasteiger partial charge is 0.254 e. The Kier molecular flexibility index (Phi) is 5.67. The van der Waals surface area contributed by atoms with E-state index in [9.17, 15) is 4.79 Å². The van der Waals surface area contributed by atoms with Gasteiger partial charge >= 0.3 is 0 Å². The standard InChI is InChI=1S/C26H22ClN5O/c1-17(23-12-20-10-21(27)13-29-25(20)31-26(23)33)30-22-9-5-8-19(11-22)24-14-28-16-32(24)15-18-6-3-2-4-7-18/h2-14,16-17,30H,15H2,1H3,(H,29,31,33). The van der Waals surface area contributed by atoms with Crippen molar-refractivity contribution in [1.29, 1.82) is 0 Å². The summed E-state index contributed by atoms with van der Waals surface area (Å²) in [6.07, 6.45) is 5.24. The van der Waals surface area contributed by atoms with Crippen molar-refractivity contribution in [3.05, 3.63) is 112 Å². The van der Waals surface area contributed by atoms with Gasteiger partial charge in [0.1, 0.15) is 5.65 Å². The highest BCUT2D eigenvalue weighted by Crippen LogP contribution is 2.26. The maximum atomic E-state index is 12.6. The Bertz CT molecular complexity index is 1480. The minimum atomic E-state index is -0.221. The predicted molar refractivity (Wildman–Crippen MR) is 133 cm³/mol. The van der Waals surface area contributed by atoms with Gasteiger partial charge in [-0.05, 0) is 36.8 Å². The number of aromatic nitrogens is 4. The molecule has 1 unspecified atom stereocenters. The van der Waals surface area contributed by atoms with Crippen molar-refractivity contribution in [1.82, 2.24) is 19.5 Å². The highest BCUT2D eigenvalue weighted by Gasteiger charge is 2.13. The molecule has 0 spiro atoms. The van der Waals surface area contributed by atoms with Crippen molar-refractivity contribution in [2.75, 3.05) is 5.32 Å². The molecule has 0 bridgehead atoms. The average Bonchev–Trinajstić information content (AvgIpc) is 3.28. The number of fused-ring (bicyclic) bond motifs is 1. The first-order valence-electron chi connectivity index (χ1n) is 10.7. The first-order chi connectivity index (χ1) is 16.1. The fraction of sp³-hybridized carbons (Fsp3) is 0.115. The second-order valence-corrected chi connectivity index (χ2v) is 8.42. The zero-order valence-electron chi connectivity index (χ0n) is 18.0. The third kappa shape index (κ3) is 4.52. The molecule has 2 N–H and O–H groups in total. The molecular weight excluding hydrogens is 434 g/mol. The van der Waals surface area contributed by atoms with E-state index in [0.29, 0.717) is 16.2 Å². The van der Waals surface area contributed by atoms with Crippen LogP contribution in [0, 0.1) is 0 Å². The summed E-state index contributed by atoms with van der Waals surface area (Å²) < 4.78 is 2.13. The van der Waals surface area contributed by atoms with Crippen molar-refractivity contribution in [3.63, 3.8) is 0 Å². The summed E-state index contributed by atoms with van der Waals surface area (Å²) in [7, 11) is 0. The predicted octanol–water partition coefficient (Wildman–Crippen LogP) is 5.66. The SMILES string of the molecule is CC(Nc1cccc(-c2cncn2Cc2ccccc2)c1)c1cc2cc(Cl)cnc2[nH]c1=O. The number of hydrogen-bond acceptors (Lipinski definition) is 4. The molecule has 6 nitrogen and oxygen atoms in total. The van der Waals surface area contributed by atoms with E-state index < -0.39 is 0 Å². The van der Waals surface area contributed by atoms with Crippen LogP contribution in [0.25, 0.3) is 22.3 Å². The number of H-pyrrole nitrogens is 1. The van der Waals surface area contributed by atoms with E-state index >= 15 is 0 Å². The number of benzene rings is 2. The first kappa shape index (κ1) is 21.0. The average molecular weight is 456 g/mol. The molecule has 0 radical (unpaired) electrons. The summed E-state index contributed by atoms with van der Waals surface area (Å²) in [6.45, 7) is 2.70. The summed E-state index contributed by atoms with van der Waals surface area (Å²) >= 11 is 6.07. The third-order valence-corrected chi connectivity index (χ3v) is 5.81. The van der Waals surface area contributed by atoms with Gasteiger partial charge in [-0.1, -0.05) is 54.1 Å². The molecule has 33 heavy (non-hydrogen) atoms. The van der Waals surface area contributed by atoms with Gasteiger partial charge in [0.15, 0.2) is 0 Å². The number of aromatic amines is 1. The molecule has 164 valence electrons. The van der Waals surface area contributed by atoms with Gasteiger partial charge in [0, 0.05) is 34.9 Å². The van der Waals surface area contributed by atoms with Gasteiger partial charge in [0.25, 0.3) is 5.56 Å². The number of hydrogen-bond donors (Lipinski definition) is 2. The molecule has 7 heteroatoms. The molecule has 3 heterocycles. The van der Waals surface area contributed by atoms with Crippen LogP contribution in [0.5, 0.6) is 0 Å². The lowest BCUT2D eigenvalue weighted by Gasteiger charge is -2.16. The van der Waals surface area contributed by atoms with Crippen molar-refractivity contribution in [2.24, 2.45) is 0 Å². The van der Waals surface area contributed by atoms with Gasteiger partial charge in [0.05, 0.1) is 29.3 Å². The molecule has 1 atom stereocenters. The van der Waals surface area contributed by atoms with Crippen LogP contribution < -0.4 is 10.9 Å². The minimum absolute atomic E-state index is 0.172. The van der Waals surface area contributed by atoms with Gasteiger partial charge in [-0.2, -0.15) is 0 Å². The van der Waals surface area contributed by atoms with Crippen molar-refractivity contribution >= 4 is 28.3 Å². The molecule has 5 aromatic rings. The lowest BCUT2D eigenvalue weighted by atomic mass is 10.1. The third-order valence-electron chi connectivity index (χ3n) is 5.60. The van der Waals surface area contributed by atoms with Crippen LogP contribution in [-0.4, -0.2) is 19.5 Å². The first-order valence-corrected chi connectivity index (χ1v) is 11.0. The van der Waals surface area contributed by atoms with Gasteiger partial charge < -0.3 is 14.9 Å². The van der Waals surface area contributed by atoms with Gasteiger partial charge in [0.2, 0.25) is 0 Å². The number of rotatable bonds is 6. The molecule has 2 aromatic carbocycles. The molecule has 0 saturated heterocycles. The molecule has 5 rings (SSSR count). The molecular formula is C26H22ClN5O. The van der Waals surface area contributed by atoms with E-state index in [1.807, 2.05) is 55.8 Å². The second kappa shape index (κ2) is 8.92. The highest BCUT2D eigenvalue weighted by atomic mass is 35.5. The largest absolute Gasteiger partial charge is 0.378 e. The molecule has 0 amide bonds. The summed E-state index contributed by atoms with van der Waals surface area (Å²) in [5.41, 5.74) is 5.17. The van der Waals surface area contributed by atoms with E-state index in [0.717, 1.165) is 28.9 Å². The van der Waals surface area contributed by atoms with Crippen LogP contribution in [0.1, 0.15) is 24.1 Å². The zero-order valence-corrected chi connectivity index (χ0v) is 18.8. The van der Waals surface area contributed by atoms with Crippen LogP contribution in [0.15, 0.2) is 90.2 Å². The number of nitrogens with one attached hydrogen (secondary N) is 2. The summed E-state index contributed by atoms with van der Waals surface area (Å²) in [6, 6.07) is 21.8. The lowest BCUT2D eigenvalue weighted by molar-refractivity contribution is 0.805. The van der Waals surface area contributed by atoms with Crippen molar-refractivity contribution < 1.29 is 0 Å². The number of imidazole rings is 1. The van der Waals surface area contributed by atoms with Crippen molar-refractivity contribution in [2.45, 2.75) is 19.5 Å². The van der Waals surface area contributed by atoms with Crippen LogP contribution in [0.3, 0.4) is 0 Å². The van der Waals surface area contributed by atoms with Gasteiger partial charge in [-0.15, -0.1) is 0 Å². The number of pyridine rings is 2. The highest BCUT2D eigenvalue weighted by molar-refractivity contribution is 6.31. The maximum absolute atomic E-state index is 12.6. The molecule has 0 aliphatic carbocycles. The lowest BCUT2D eigenvalue weighted by Crippen LogP contribution is -2.19. The Morgan fingerprint density at radius 1 is 1.06 bits per heavy atom. The molecule has 0 aliphatic rings. The number of halogens is 1. The Morgan fingerprint density at radius 3 is 2.76 bits per heavy atom. The molecule has 0 fully saturated rings. The quantitative estimate of drug-likeness (QED) is 0.346. The minimum Gasteiger partial charge on any atom is -0.378 e. The topological polar surface area (TPSA) is 75.6 Å². The summed E-state index contributed by atoms with van der Waals surface area (Å²) in [4.78, 5) is 24.0. The van der Waals surface area contributed by atoms with E-state index in [4.69, 9.17) is 11.6 Å². The van der Waals surface area contributed by atoms with E-state index in [2.05, 4.69) is 49.1 Å². The van der Waals surface area contributed by atoms with Crippen LogP contribution in [-0.2, 0) is 6.54 Å². The molecule has 0 saturated carbocycles. The van der Waals surface area contributed by atoms with Gasteiger partial charge in [-0.3, -0.25) is 4.79 Å². The van der Waals surface area contributed by atoms with Crippen LogP contribution in [0.2, 0.25) is 5.02 Å². The normalized spacial score (nSPS) is 12.1. The van der Waals surface area contributed by atoms with E-state index in [1.54, 1.807) is 6.07 Å². The van der Waals surface area contributed by atoms with Crippen LogP contribution in [0.4, 0.5) is 5.69 Å². The van der Waals surface area contributed by atoms with Gasteiger partial charge in [-0.25, -0.2) is 9.97 Å². The Labute approximate surface area is 195 Å². The molecule has 0 aliphatic heterocycles. The molecule has 3 aromatic heterocycles. The zero-order chi connectivity index (χ0) is 22.8. The number of nitrogens with zero attached hydrogens (tertiary/aromatic N) is 3. The fourth-order valence-corrected chi connectivity index (χ4v) is 4.13. The van der Waals surface area contributed by atoms with Crippen molar-refractivity contribution in [3.8, 4) is 11.3 Å². The maximum Gasteiger partial charge on any atom is 0.254 e. The van der Waals surface area contributed by atoms with E-state index in [1.165, 1.54) is 11.8 Å². The second-order valence-electron chi connectivity index (χ2n) is 7.98. The van der Waals surface area contributed by atoms with Crippen LogP contribution >= 0.6 is 11.6 Å². The summed E-state index contributed by atoms with van der Waals surface area (Å²) in [5, 5.41) is 4.77. The van der Waals surface area contributed by atoms with E-state index in [-0.39, 0.29) is 11.6 Å². The Morgan fingerprint density at radius 2 is 1.91 bits per heavy atom.